The maximum Gasteiger partial charge on any atom is 0.238 e. The van der Waals surface area contributed by atoms with Gasteiger partial charge in [-0.15, -0.1) is 0 Å². The van der Waals surface area contributed by atoms with Crippen LogP contribution in [-0.4, -0.2) is 43.5 Å². The van der Waals surface area contributed by atoms with E-state index < -0.39 is 0 Å². The highest BCUT2D eigenvalue weighted by Crippen LogP contribution is 2.26. The van der Waals surface area contributed by atoms with E-state index in [1.807, 2.05) is 48.5 Å². The van der Waals surface area contributed by atoms with E-state index in [9.17, 15) is 4.79 Å². The second kappa shape index (κ2) is 8.01. The van der Waals surface area contributed by atoms with Crippen LogP contribution in [0.15, 0.2) is 53.0 Å². The zero-order valence-electron chi connectivity index (χ0n) is 13.2. The van der Waals surface area contributed by atoms with Crippen molar-refractivity contribution in [2.24, 2.45) is 0 Å². The summed E-state index contributed by atoms with van der Waals surface area (Å²) in [6, 6.07) is 15.5. The Balaban J connectivity index is 1.51. The first-order valence-electron chi connectivity index (χ1n) is 7.90. The molecule has 1 saturated heterocycles. The molecule has 1 fully saturated rings. The molecule has 0 atom stereocenters. The Bertz CT molecular complexity index is 717. The van der Waals surface area contributed by atoms with E-state index >= 15 is 0 Å². The van der Waals surface area contributed by atoms with E-state index in [1.54, 1.807) is 0 Å². The van der Waals surface area contributed by atoms with Crippen LogP contribution in [0.2, 0.25) is 5.02 Å². The van der Waals surface area contributed by atoms with Crippen molar-refractivity contribution in [3.8, 4) is 0 Å². The van der Waals surface area contributed by atoms with Gasteiger partial charge in [0.2, 0.25) is 5.91 Å². The lowest BCUT2D eigenvalue weighted by atomic mass is 10.2. The van der Waals surface area contributed by atoms with E-state index in [0.717, 1.165) is 47.0 Å². The van der Waals surface area contributed by atoms with Crippen molar-refractivity contribution in [3.05, 3.63) is 58.0 Å². The van der Waals surface area contributed by atoms with E-state index in [2.05, 4.69) is 31.0 Å². The summed E-state index contributed by atoms with van der Waals surface area (Å²) in [7, 11) is 0. The summed E-state index contributed by atoms with van der Waals surface area (Å²) < 4.78 is 0.891. The molecule has 1 aliphatic rings. The first-order chi connectivity index (χ1) is 11.6. The summed E-state index contributed by atoms with van der Waals surface area (Å²) in [5, 5.41) is 3.72. The van der Waals surface area contributed by atoms with Gasteiger partial charge < -0.3 is 10.2 Å². The topological polar surface area (TPSA) is 35.6 Å². The molecule has 2 aromatic carbocycles. The van der Waals surface area contributed by atoms with Crippen molar-refractivity contribution in [3.63, 3.8) is 0 Å². The number of piperazine rings is 1. The van der Waals surface area contributed by atoms with Gasteiger partial charge in [0.15, 0.2) is 0 Å². The maximum atomic E-state index is 12.2. The van der Waals surface area contributed by atoms with Crippen molar-refractivity contribution in [2.45, 2.75) is 0 Å². The van der Waals surface area contributed by atoms with E-state index in [1.165, 1.54) is 0 Å². The van der Waals surface area contributed by atoms with Crippen LogP contribution >= 0.6 is 27.5 Å². The van der Waals surface area contributed by atoms with Crippen LogP contribution in [0, 0.1) is 0 Å². The van der Waals surface area contributed by atoms with Crippen LogP contribution in [0.1, 0.15) is 0 Å². The molecule has 126 valence electrons. The third-order valence-electron chi connectivity index (χ3n) is 4.08. The molecule has 0 aliphatic carbocycles. The molecule has 0 bridgehead atoms. The van der Waals surface area contributed by atoms with Gasteiger partial charge in [-0.3, -0.25) is 9.69 Å². The molecule has 0 aromatic heterocycles. The molecular formula is C18H19BrClN3O. The molecule has 1 amide bonds. The van der Waals surface area contributed by atoms with Gasteiger partial charge in [0.25, 0.3) is 0 Å². The van der Waals surface area contributed by atoms with Crippen LogP contribution < -0.4 is 10.2 Å². The van der Waals surface area contributed by atoms with Gasteiger partial charge in [-0.25, -0.2) is 0 Å². The Morgan fingerprint density at radius 3 is 2.42 bits per heavy atom. The number of carbonyl (C=O) groups is 1. The summed E-state index contributed by atoms with van der Waals surface area (Å²) >= 11 is 9.70. The molecular weight excluding hydrogens is 390 g/mol. The summed E-state index contributed by atoms with van der Waals surface area (Å²) in [4.78, 5) is 16.7. The van der Waals surface area contributed by atoms with Gasteiger partial charge in [0, 0.05) is 30.7 Å². The molecule has 0 radical (unpaired) electrons. The standard InChI is InChI=1S/C18H19BrClN3O/c19-14-5-1-3-7-16(14)21-18(24)13-22-9-11-23(12-10-22)17-8-4-2-6-15(17)20/h1-8H,9-13H2,(H,21,24). The third-order valence-corrected chi connectivity index (χ3v) is 5.09. The van der Waals surface area contributed by atoms with Gasteiger partial charge in [0.05, 0.1) is 22.9 Å². The Labute approximate surface area is 155 Å². The van der Waals surface area contributed by atoms with Crippen molar-refractivity contribution in [1.29, 1.82) is 0 Å². The first kappa shape index (κ1) is 17.3. The van der Waals surface area contributed by atoms with Crippen molar-refractivity contribution in [2.75, 3.05) is 42.9 Å². The number of rotatable bonds is 4. The fourth-order valence-electron chi connectivity index (χ4n) is 2.81. The summed E-state index contributed by atoms with van der Waals surface area (Å²) in [6.45, 7) is 3.82. The fourth-order valence-corrected chi connectivity index (χ4v) is 3.45. The Morgan fingerprint density at radius 1 is 1.04 bits per heavy atom. The van der Waals surface area contributed by atoms with Crippen LogP contribution in [0.5, 0.6) is 0 Å². The third kappa shape index (κ3) is 4.29. The minimum absolute atomic E-state index is 0.00749. The minimum atomic E-state index is 0.00749. The van der Waals surface area contributed by atoms with Gasteiger partial charge >= 0.3 is 0 Å². The minimum Gasteiger partial charge on any atom is -0.368 e. The van der Waals surface area contributed by atoms with E-state index in [-0.39, 0.29) is 5.91 Å². The Hall–Kier alpha value is -1.56. The average molecular weight is 409 g/mol. The predicted octanol–water partition coefficient (Wildman–Crippen LogP) is 3.86. The number of nitrogens with one attached hydrogen (secondary N) is 1. The number of para-hydroxylation sites is 2. The summed E-state index contributed by atoms with van der Waals surface area (Å²) in [6.07, 6.45) is 0. The molecule has 1 aliphatic heterocycles. The normalized spacial score (nSPS) is 15.3. The molecule has 2 aromatic rings. The van der Waals surface area contributed by atoms with Gasteiger partial charge in [-0.2, -0.15) is 0 Å². The quantitative estimate of drug-likeness (QED) is 0.834. The molecule has 0 saturated carbocycles. The second-order valence-corrected chi connectivity index (χ2v) is 7.00. The van der Waals surface area contributed by atoms with Crippen LogP contribution in [-0.2, 0) is 4.79 Å². The monoisotopic (exact) mass is 407 g/mol. The van der Waals surface area contributed by atoms with Gasteiger partial charge in [-0.1, -0.05) is 35.9 Å². The number of halogens is 2. The van der Waals surface area contributed by atoms with Crippen LogP contribution in [0.4, 0.5) is 11.4 Å². The number of nitrogens with zero attached hydrogens (tertiary/aromatic N) is 2. The van der Waals surface area contributed by atoms with Gasteiger partial charge in [-0.05, 0) is 40.2 Å². The number of hydrogen-bond acceptors (Lipinski definition) is 3. The molecule has 0 spiro atoms. The van der Waals surface area contributed by atoms with E-state index in [0.29, 0.717) is 6.54 Å². The highest BCUT2D eigenvalue weighted by molar-refractivity contribution is 9.10. The zero-order valence-corrected chi connectivity index (χ0v) is 15.6. The van der Waals surface area contributed by atoms with Gasteiger partial charge in [0.1, 0.15) is 0 Å². The molecule has 3 rings (SSSR count). The molecule has 1 heterocycles. The Morgan fingerprint density at radius 2 is 1.71 bits per heavy atom. The molecule has 6 heteroatoms. The molecule has 1 N–H and O–H groups in total. The Kier molecular flexibility index (Phi) is 5.76. The van der Waals surface area contributed by atoms with Crippen molar-refractivity contribution in [1.82, 2.24) is 4.90 Å². The number of amides is 1. The maximum absolute atomic E-state index is 12.2. The number of anilines is 2. The highest BCUT2D eigenvalue weighted by Gasteiger charge is 2.20. The lowest BCUT2D eigenvalue weighted by molar-refractivity contribution is -0.117. The fraction of sp³-hybridized carbons (Fsp3) is 0.278. The predicted molar refractivity (Wildman–Crippen MR) is 103 cm³/mol. The summed E-state index contributed by atoms with van der Waals surface area (Å²) in [5.41, 5.74) is 1.87. The largest absolute Gasteiger partial charge is 0.368 e. The number of benzene rings is 2. The number of carbonyl (C=O) groups excluding carboxylic acids is 1. The van der Waals surface area contributed by atoms with Crippen molar-refractivity contribution >= 4 is 44.8 Å². The lowest BCUT2D eigenvalue weighted by Gasteiger charge is -2.36. The zero-order chi connectivity index (χ0) is 16.9. The second-order valence-electron chi connectivity index (χ2n) is 5.74. The number of hydrogen-bond donors (Lipinski definition) is 1. The van der Waals surface area contributed by atoms with Crippen LogP contribution in [0.25, 0.3) is 0 Å². The average Bonchev–Trinajstić information content (AvgIpc) is 2.58. The molecule has 4 nitrogen and oxygen atoms in total. The molecule has 0 unspecified atom stereocenters. The smallest absolute Gasteiger partial charge is 0.238 e. The lowest BCUT2D eigenvalue weighted by Crippen LogP contribution is -2.48. The SMILES string of the molecule is O=C(CN1CCN(c2ccccc2Cl)CC1)Nc1ccccc1Br. The van der Waals surface area contributed by atoms with Crippen molar-refractivity contribution < 1.29 is 4.79 Å². The van der Waals surface area contributed by atoms with E-state index in [4.69, 9.17) is 11.6 Å². The first-order valence-corrected chi connectivity index (χ1v) is 9.07. The highest BCUT2D eigenvalue weighted by atomic mass is 79.9. The molecule has 24 heavy (non-hydrogen) atoms. The van der Waals surface area contributed by atoms with Crippen LogP contribution in [0.3, 0.4) is 0 Å². The summed E-state index contributed by atoms with van der Waals surface area (Å²) in [5.74, 6) is 0.00749.